The first-order valence-electron chi connectivity index (χ1n) is 6.72. The normalized spacial score (nSPS) is 43.4. The lowest BCUT2D eigenvalue weighted by molar-refractivity contribution is -0.305. The van der Waals surface area contributed by atoms with Gasteiger partial charge in [0.15, 0.2) is 0 Å². The maximum absolute atomic E-state index is 10.7. The summed E-state index contributed by atoms with van der Waals surface area (Å²) < 4.78 is 5.94. The van der Waals surface area contributed by atoms with E-state index in [1.54, 1.807) is 0 Å². The van der Waals surface area contributed by atoms with E-state index in [1.807, 2.05) is 20.8 Å². The molecule has 0 aromatic carbocycles. The Kier molecular flexibility index (Phi) is 2.93. The molecule has 3 unspecified atom stereocenters. The Labute approximate surface area is 105 Å². The van der Waals surface area contributed by atoms with Crippen molar-refractivity contribution >= 4 is 7.12 Å². The molecule has 2 N–H and O–H groups in total. The highest BCUT2D eigenvalue weighted by Crippen LogP contribution is 2.67. The first kappa shape index (κ1) is 13.4. The van der Waals surface area contributed by atoms with E-state index in [4.69, 9.17) is 4.65 Å². The van der Waals surface area contributed by atoms with Gasteiger partial charge in [0.1, 0.15) is 0 Å². The average Bonchev–Trinajstić information content (AvgIpc) is 2.19. The molecule has 3 saturated carbocycles. The summed E-state index contributed by atoms with van der Waals surface area (Å²) in [6, 6.07) is 0. The lowest BCUT2D eigenvalue weighted by atomic mass is 9.40. The van der Waals surface area contributed by atoms with E-state index in [0.717, 1.165) is 19.3 Å². The molecule has 0 aromatic heterocycles. The minimum atomic E-state index is -0.832. The zero-order valence-corrected chi connectivity index (χ0v) is 11.7. The zero-order valence-electron chi connectivity index (χ0n) is 11.7. The van der Waals surface area contributed by atoms with E-state index in [9.17, 15) is 10.1 Å². The second-order valence-corrected chi connectivity index (χ2v) is 7.01. The Bertz CT molecular complexity index is 304. The zero-order chi connectivity index (χ0) is 13.1. The third-order valence-electron chi connectivity index (χ3n) is 5.34. The monoisotopic (exact) mass is 240 g/mol. The standard InChI is InChI=1S/C13H25BO3/c1-9(2)14(16)17-13-8-10(11(13,3)4)6-7-12(13,5)15/h9-10,15-16H,6-8H2,1-5H3. The van der Waals surface area contributed by atoms with Crippen LogP contribution in [-0.4, -0.2) is 28.5 Å². The van der Waals surface area contributed by atoms with Gasteiger partial charge in [-0.1, -0.05) is 27.7 Å². The van der Waals surface area contributed by atoms with Gasteiger partial charge in [-0.3, -0.25) is 0 Å². The summed E-state index contributed by atoms with van der Waals surface area (Å²) in [5.41, 5.74) is -1.46. The first-order valence-corrected chi connectivity index (χ1v) is 6.72. The third-order valence-corrected chi connectivity index (χ3v) is 5.34. The summed E-state index contributed by atoms with van der Waals surface area (Å²) in [6.45, 7) is 10.0. The van der Waals surface area contributed by atoms with Gasteiger partial charge in [0.05, 0.1) is 11.2 Å². The Balaban J connectivity index is 2.26. The molecule has 2 bridgehead atoms. The second kappa shape index (κ2) is 3.72. The van der Waals surface area contributed by atoms with Crippen molar-refractivity contribution in [3.8, 4) is 0 Å². The maximum atomic E-state index is 10.7. The molecule has 3 rings (SSSR count). The Morgan fingerprint density at radius 1 is 1.29 bits per heavy atom. The van der Waals surface area contributed by atoms with Crippen LogP contribution >= 0.6 is 0 Å². The summed E-state index contributed by atoms with van der Waals surface area (Å²) >= 11 is 0. The van der Waals surface area contributed by atoms with E-state index >= 15 is 0 Å². The van der Waals surface area contributed by atoms with Crippen LogP contribution in [0.1, 0.15) is 53.9 Å². The lowest BCUT2D eigenvalue weighted by Gasteiger charge is -2.71. The quantitative estimate of drug-likeness (QED) is 0.743. The topological polar surface area (TPSA) is 49.7 Å². The SMILES string of the molecule is CC(C)B(O)OC12CC(CCC1(C)O)C2(C)C. The lowest BCUT2D eigenvalue weighted by Crippen LogP contribution is -2.76. The van der Waals surface area contributed by atoms with Crippen molar-refractivity contribution in [2.75, 3.05) is 0 Å². The van der Waals surface area contributed by atoms with Crippen LogP contribution in [0, 0.1) is 11.3 Å². The number of hydrogen-bond donors (Lipinski definition) is 2. The molecular formula is C13H25BO3. The predicted molar refractivity (Wildman–Crippen MR) is 68.6 cm³/mol. The molecule has 3 aliphatic carbocycles. The minimum Gasteiger partial charge on any atom is -0.427 e. The summed E-state index contributed by atoms with van der Waals surface area (Å²) in [5, 5.41) is 20.7. The molecule has 3 fully saturated rings. The van der Waals surface area contributed by atoms with Gasteiger partial charge in [-0.15, -0.1) is 0 Å². The molecular weight excluding hydrogens is 215 g/mol. The minimum absolute atomic E-state index is 0.0510. The van der Waals surface area contributed by atoms with Crippen LogP contribution in [0.4, 0.5) is 0 Å². The van der Waals surface area contributed by atoms with Crippen molar-refractivity contribution in [1.82, 2.24) is 0 Å². The fourth-order valence-electron chi connectivity index (χ4n) is 3.77. The molecule has 0 aromatic rings. The van der Waals surface area contributed by atoms with E-state index in [0.29, 0.717) is 5.92 Å². The van der Waals surface area contributed by atoms with Gasteiger partial charge in [-0.2, -0.15) is 0 Å². The smallest absolute Gasteiger partial charge is 0.427 e. The fraction of sp³-hybridized carbons (Fsp3) is 1.00. The van der Waals surface area contributed by atoms with Gasteiger partial charge in [-0.25, -0.2) is 0 Å². The van der Waals surface area contributed by atoms with Gasteiger partial charge in [0.25, 0.3) is 0 Å². The van der Waals surface area contributed by atoms with Crippen LogP contribution in [0.3, 0.4) is 0 Å². The van der Waals surface area contributed by atoms with Crippen LogP contribution in [-0.2, 0) is 4.65 Å². The second-order valence-electron chi connectivity index (χ2n) is 7.01. The summed E-state index contributed by atoms with van der Waals surface area (Å²) in [6.07, 6.45) is 2.70. The Hall–Kier alpha value is -0.0551. The van der Waals surface area contributed by atoms with Gasteiger partial charge in [-0.05, 0) is 43.3 Å². The van der Waals surface area contributed by atoms with Gasteiger partial charge in [0.2, 0.25) is 0 Å². The van der Waals surface area contributed by atoms with Gasteiger partial charge >= 0.3 is 7.12 Å². The van der Waals surface area contributed by atoms with Crippen LogP contribution in [0.2, 0.25) is 5.82 Å². The Morgan fingerprint density at radius 3 is 2.29 bits per heavy atom. The number of fused-ring (bicyclic) bond motifs is 2. The van der Waals surface area contributed by atoms with Crippen molar-refractivity contribution in [3.05, 3.63) is 0 Å². The third kappa shape index (κ3) is 1.61. The van der Waals surface area contributed by atoms with Gasteiger partial charge < -0.3 is 14.8 Å². The first-order chi connectivity index (χ1) is 7.64. The Morgan fingerprint density at radius 2 is 1.88 bits per heavy atom. The number of hydrogen-bond acceptors (Lipinski definition) is 3. The van der Waals surface area contributed by atoms with Crippen LogP contribution in [0.25, 0.3) is 0 Å². The maximum Gasteiger partial charge on any atom is 0.457 e. The fourth-order valence-corrected chi connectivity index (χ4v) is 3.77. The van der Waals surface area contributed by atoms with Crippen molar-refractivity contribution in [1.29, 1.82) is 0 Å². The van der Waals surface area contributed by atoms with E-state index < -0.39 is 18.3 Å². The predicted octanol–water partition coefficient (Wildman–Crippen LogP) is 2.22. The summed E-state index contributed by atoms with van der Waals surface area (Å²) in [5.74, 6) is 0.666. The molecule has 0 saturated heterocycles. The molecule has 17 heavy (non-hydrogen) atoms. The average molecular weight is 240 g/mol. The number of aliphatic hydroxyl groups is 1. The van der Waals surface area contributed by atoms with E-state index in [-0.39, 0.29) is 11.2 Å². The molecule has 98 valence electrons. The molecule has 4 heteroatoms. The van der Waals surface area contributed by atoms with Crippen molar-refractivity contribution < 1.29 is 14.8 Å². The molecule has 0 radical (unpaired) electrons. The molecule has 0 aliphatic heterocycles. The molecule has 0 heterocycles. The van der Waals surface area contributed by atoms with Crippen molar-refractivity contribution in [2.45, 2.75) is 70.9 Å². The highest BCUT2D eigenvalue weighted by Gasteiger charge is 2.71. The summed E-state index contributed by atoms with van der Waals surface area (Å²) in [7, 11) is -0.792. The van der Waals surface area contributed by atoms with Crippen LogP contribution in [0.5, 0.6) is 0 Å². The van der Waals surface area contributed by atoms with Crippen LogP contribution < -0.4 is 0 Å². The highest BCUT2D eigenvalue weighted by atomic mass is 16.6. The largest absolute Gasteiger partial charge is 0.457 e. The number of rotatable bonds is 3. The molecule has 0 spiro atoms. The highest BCUT2D eigenvalue weighted by molar-refractivity contribution is 6.44. The van der Waals surface area contributed by atoms with Crippen LogP contribution in [0.15, 0.2) is 0 Å². The molecule has 3 aliphatic rings. The molecule has 3 atom stereocenters. The van der Waals surface area contributed by atoms with Crippen molar-refractivity contribution in [3.63, 3.8) is 0 Å². The van der Waals surface area contributed by atoms with E-state index in [2.05, 4.69) is 13.8 Å². The molecule has 0 amide bonds. The van der Waals surface area contributed by atoms with E-state index in [1.165, 1.54) is 0 Å². The summed E-state index contributed by atoms with van der Waals surface area (Å²) in [4.78, 5) is 0. The molecule has 3 nitrogen and oxygen atoms in total. The van der Waals surface area contributed by atoms with Gasteiger partial charge in [0, 0.05) is 0 Å². The van der Waals surface area contributed by atoms with Crippen molar-refractivity contribution in [2.24, 2.45) is 11.3 Å².